The van der Waals surface area contributed by atoms with Gasteiger partial charge in [-0.05, 0) is 6.58 Å². The highest BCUT2D eigenvalue weighted by atomic mass is 31.2. The zero-order chi connectivity index (χ0) is 7.98. The van der Waals surface area contributed by atoms with Crippen LogP contribution in [0.4, 0.5) is 0 Å². The topological polar surface area (TPSA) is 58.9 Å². The smallest absolute Gasteiger partial charge is 0.393 e. The summed E-state index contributed by atoms with van der Waals surface area (Å²) in [7, 11) is -2.45. The summed E-state index contributed by atoms with van der Waals surface area (Å²) in [4.78, 5) is 16.5. The maximum absolute atomic E-state index is 8.23. The molecule has 0 unspecified atom stereocenters. The molecule has 56 valence electrons. The molecular formula is C5H7O4P. The van der Waals surface area contributed by atoms with Gasteiger partial charge in [0.2, 0.25) is 0 Å². The van der Waals surface area contributed by atoms with Crippen molar-refractivity contribution >= 4 is 8.60 Å². The second-order valence-electron chi connectivity index (χ2n) is 1.21. The quantitative estimate of drug-likeness (QED) is 0.355. The summed E-state index contributed by atoms with van der Waals surface area (Å²) in [6, 6.07) is 0. The Morgan fingerprint density at radius 1 is 1.70 bits per heavy atom. The van der Waals surface area contributed by atoms with Gasteiger partial charge in [0.25, 0.3) is 5.95 Å². The fourth-order valence-electron chi connectivity index (χ4n) is 0.240. The third-order valence-corrected chi connectivity index (χ3v) is 0.867. The molecule has 2 N–H and O–H groups in total. The van der Waals surface area contributed by atoms with E-state index in [2.05, 4.69) is 21.8 Å². The molecule has 0 spiro atoms. The van der Waals surface area contributed by atoms with Gasteiger partial charge < -0.3 is 19.0 Å². The Hall–Kier alpha value is -0.750. The molecule has 0 heterocycles. The lowest BCUT2D eigenvalue weighted by Crippen LogP contribution is -1.92. The van der Waals surface area contributed by atoms with Gasteiger partial charge >= 0.3 is 8.60 Å². The van der Waals surface area contributed by atoms with Crippen molar-refractivity contribution in [3.05, 3.63) is 12.5 Å². The molecule has 0 saturated carbocycles. The molecule has 0 saturated heterocycles. The Bertz CT molecular complexity index is 148. The molecule has 0 aliphatic carbocycles. The molecule has 4 nitrogen and oxygen atoms in total. The lowest BCUT2D eigenvalue weighted by Gasteiger charge is -2.06. The third-order valence-electron chi connectivity index (χ3n) is 0.500. The third kappa shape index (κ3) is 5.39. The van der Waals surface area contributed by atoms with Crippen LogP contribution in [0, 0.1) is 12.3 Å². The van der Waals surface area contributed by atoms with E-state index in [9.17, 15) is 0 Å². The van der Waals surface area contributed by atoms with Crippen LogP contribution in [0.15, 0.2) is 12.5 Å². The van der Waals surface area contributed by atoms with E-state index < -0.39 is 8.60 Å². The summed E-state index contributed by atoms with van der Waals surface area (Å²) in [5.74, 6) is 1.97. The average Bonchev–Trinajstić information content (AvgIpc) is 1.82. The molecular weight excluding hydrogens is 155 g/mol. The molecule has 0 aromatic rings. The molecule has 0 atom stereocenters. The van der Waals surface area contributed by atoms with Crippen molar-refractivity contribution in [2.45, 2.75) is 0 Å². The SMILES string of the molecule is C#CCOC(=C)OP(O)O. The Morgan fingerprint density at radius 2 is 2.30 bits per heavy atom. The largest absolute Gasteiger partial charge is 0.452 e. The van der Waals surface area contributed by atoms with E-state index in [0.717, 1.165) is 0 Å². The molecule has 0 amide bonds. The molecule has 0 rings (SSSR count). The fraction of sp³-hybridized carbons (Fsp3) is 0.200. The first-order chi connectivity index (χ1) is 4.66. The molecule has 0 bridgehead atoms. The van der Waals surface area contributed by atoms with Crippen molar-refractivity contribution in [3.63, 3.8) is 0 Å². The Labute approximate surface area is 60.1 Å². The van der Waals surface area contributed by atoms with Crippen LogP contribution >= 0.6 is 8.60 Å². The van der Waals surface area contributed by atoms with E-state index in [1.807, 2.05) is 0 Å². The van der Waals surface area contributed by atoms with Gasteiger partial charge in [0.15, 0.2) is 6.61 Å². The second-order valence-corrected chi connectivity index (χ2v) is 1.90. The van der Waals surface area contributed by atoms with Gasteiger partial charge in [0.1, 0.15) is 0 Å². The highest BCUT2D eigenvalue weighted by Crippen LogP contribution is 2.27. The van der Waals surface area contributed by atoms with E-state index in [-0.39, 0.29) is 12.6 Å². The zero-order valence-corrected chi connectivity index (χ0v) is 6.04. The monoisotopic (exact) mass is 162 g/mol. The van der Waals surface area contributed by atoms with Crippen molar-refractivity contribution in [3.8, 4) is 12.3 Å². The normalized spacial score (nSPS) is 8.60. The number of hydrogen-bond donors (Lipinski definition) is 2. The molecule has 10 heavy (non-hydrogen) atoms. The van der Waals surface area contributed by atoms with Gasteiger partial charge in [0, 0.05) is 0 Å². The lowest BCUT2D eigenvalue weighted by molar-refractivity contribution is 0.121. The lowest BCUT2D eigenvalue weighted by atomic mass is 10.7. The molecule has 5 heteroatoms. The number of terminal acetylenes is 1. The molecule has 0 aliphatic heterocycles. The van der Waals surface area contributed by atoms with Crippen LogP contribution in [-0.2, 0) is 9.26 Å². The van der Waals surface area contributed by atoms with E-state index in [0.29, 0.717) is 0 Å². The first-order valence-corrected chi connectivity index (χ1v) is 3.44. The summed E-state index contributed by atoms with van der Waals surface area (Å²) in [5, 5.41) is 0. The number of hydrogen-bond acceptors (Lipinski definition) is 4. The highest BCUT2D eigenvalue weighted by Gasteiger charge is 2.02. The highest BCUT2D eigenvalue weighted by molar-refractivity contribution is 7.39. The van der Waals surface area contributed by atoms with Crippen LogP contribution < -0.4 is 0 Å². The predicted molar refractivity (Wildman–Crippen MR) is 36.4 cm³/mol. The van der Waals surface area contributed by atoms with E-state index in [1.165, 1.54) is 0 Å². The van der Waals surface area contributed by atoms with Crippen LogP contribution in [0.1, 0.15) is 0 Å². The van der Waals surface area contributed by atoms with Gasteiger partial charge in [-0.1, -0.05) is 5.92 Å². The summed E-state index contributed by atoms with van der Waals surface area (Å²) in [5.41, 5.74) is 0. The van der Waals surface area contributed by atoms with Crippen molar-refractivity contribution in [1.82, 2.24) is 0 Å². The number of rotatable bonds is 4. The second kappa shape index (κ2) is 5.07. The minimum atomic E-state index is -2.45. The first-order valence-electron chi connectivity index (χ1n) is 2.28. The van der Waals surface area contributed by atoms with E-state index >= 15 is 0 Å². The maximum atomic E-state index is 8.23. The van der Waals surface area contributed by atoms with Crippen LogP contribution in [0.5, 0.6) is 0 Å². The molecule has 0 aliphatic rings. The predicted octanol–water partition coefficient (Wildman–Crippen LogP) is 0.335. The molecule has 0 radical (unpaired) electrons. The maximum Gasteiger partial charge on any atom is 0.393 e. The fourth-order valence-corrected chi connectivity index (χ4v) is 0.474. The van der Waals surface area contributed by atoms with Crippen molar-refractivity contribution in [1.29, 1.82) is 0 Å². The van der Waals surface area contributed by atoms with Gasteiger partial charge in [-0.3, -0.25) is 0 Å². The summed E-state index contributed by atoms with van der Waals surface area (Å²) >= 11 is 0. The van der Waals surface area contributed by atoms with Crippen molar-refractivity contribution in [2.24, 2.45) is 0 Å². The van der Waals surface area contributed by atoms with Gasteiger partial charge in [-0.15, -0.1) is 6.42 Å². The van der Waals surface area contributed by atoms with Crippen LogP contribution in [0.2, 0.25) is 0 Å². The summed E-state index contributed by atoms with van der Waals surface area (Å²) < 4.78 is 8.76. The van der Waals surface area contributed by atoms with E-state index in [4.69, 9.17) is 16.2 Å². The first kappa shape index (κ1) is 9.25. The average molecular weight is 162 g/mol. The van der Waals surface area contributed by atoms with Gasteiger partial charge in [0.05, 0.1) is 0 Å². The van der Waals surface area contributed by atoms with Gasteiger partial charge in [-0.2, -0.15) is 0 Å². The van der Waals surface area contributed by atoms with Crippen LogP contribution in [0.25, 0.3) is 0 Å². The van der Waals surface area contributed by atoms with Crippen LogP contribution in [-0.4, -0.2) is 16.4 Å². The Kier molecular flexibility index (Phi) is 4.69. The molecule has 0 aromatic carbocycles. The Balaban J connectivity index is 3.37. The van der Waals surface area contributed by atoms with Crippen LogP contribution in [0.3, 0.4) is 0 Å². The summed E-state index contributed by atoms with van der Waals surface area (Å²) in [6.07, 6.45) is 4.82. The summed E-state index contributed by atoms with van der Waals surface area (Å²) in [6.45, 7) is 3.19. The van der Waals surface area contributed by atoms with Gasteiger partial charge in [-0.25, -0.2) is 0 Å². The number of ether oxygens (including phenoxy) is 1. The van der Waals surface area contributed by atoms with Crippen molar-refractivity contribution < 1.29 is 19.0 Å². The Morgan fingerprint density at radius 3 is 2.70 bits per heavy atom. The minimum Gasteiger partial charge on any atom is -0.452 e. The standard InChI is InChI=1S/C5H7O4P/c1-3-4-8-5(2)9-10(6)7/h1,6-7H,2,4H2. The zero-order valence-electron chi connectivity index (χ0n) is 5.15. The molecule has 0 aromatic heterocycles. The van der Waals surface area contributed by atoms with E-state index in [1.54, 1.807) is 0 Å². The van der Waals surface area contributed by atoms with Crippen molar-refractivity contribution in [2.75, 3.05) is 6.61 Å². The minimum absolute atomic E-state index is 0.00199. The molecule has 0 fully saturated rings.